The summed E-state index contributed by atoms with van der Waals surface area (Å²) in [6, 6.07) is 13.4. The third-order valence-corrected chi connectivity index (χ3v) is 5.86. The van der Waals surface area contributed by atoms with Gasteiger partial charge in [-0.25, -0.2) is 9.59 Å². The van der Waals surface area contributed by atoms with Crippen molar-refractivity contribution in [2.75, 3.05) is 52.2 Å². The van der Waals surface area contributed by atoms with Crippen molar-refractivity contribution in [3.8, 4) is 0 Å². The lowest BCUT2D eigenvalue weighted by molar-refractivity contribution is -0.141. The molecule has 10 heteroatoms. The Hall–Kier alpha value is -2.66. The number of rotatable bonds is 15. The quantitative estimate of drug-likeness (QED) is 0.117. The zero-order valence-electron chi connectivity index (χ0n) is 18.9. The third kappa shape index (κ3) is 9.30. The molecule has 0 unspecified atom stereocenters. The van der Waals surface area contributed by atoms with Crippen LogP contribution >= 0.6 is 23.5 Å². The molecule has 182 valence electrons. The SMILES string of the molecule is CSc1ccc(C(=O)C(=O)OCCOCCOCCOC(=O)C(=O)c2ccc(SC)cc2)cc1. The van der Waals surface area contributed by atoms with Gasteiger partial charge in [0.05, 0.1) is 26.4 Å². The van der Waals surface area contributed by atoms with Crippen LogP contribution in [0.5, 0.6) is 0 Å². The summed E-state index contributed by atoms with van der Waals surface area (Å²) in [5.41, 5.74) is 0.543. The van der Waals surface area contributed by atoms with Gasteiger partial charge in [0.1, 0.15) is 13.2 Å². The first kappa shape index (κ1) is 27.6. The van der Waals surface area contributed by atoms with Gasteiger partial charge in [0.2, 0.25) is 0 Å². The van der Waals surface area contributed by atoms with Gasteiger partial charge in [-0.1, -0.05) is 0 Å². The van der Waals surface area contributed by atoms with Crippen molar-refractivity contribution in [1.82, 2.24) is 0 Å². The topological polar surface area (TPSA) is 105 Å². The second-order valence-electron chi connectivity index (χ2n) is 6.61. The van der Waals surface area contributed by atoms with E-state index in [4.69, 9.17) is 18.9 Å². The minimum Gasteiger partial charge on any atom is -0.457 e. The molecule has 0 radical (unpaired) electrons. The molecule has 2 aromatic carbocycles. The largest absolute Gasteiger partial charge is 0.457 e. The highest BCUT2D eigenvalue weighted by molar-refractivity contribution is 7.98. The summed E-state index contributed by atoms with van der Waals surface area (Å²) in [6.45, 7) is 0.516. The van der Waals surface area contributed by atoms with Gasteiger partial charge in [-0.2, -0.15) is 0 Å². The molecule has 0 N–H and O–H groups in total. The maximum absolute atomic E-state index is 12.0. The third-order valence-electron chi connectivity index (χ3n) is 4.37. The fourth-order valence-corrected chi connectivity index (χ4v) is 3.38. The predicted molar refractivity (Wildman–Crippen MR) is 129 cm³/mol. The van der Waals surface area contributed by atoms with Crippen LogP contribution in [0.3, 0.4) is 0 Å². The van der Waals surface area contributed by atoms with Crippen molar-refractivity contribution in [1.29, 1.82) is 0 Å². The van der Waals surface area contributed by atoms with Gasteiger partial charge in [-0.15, -0.1) is 23.5 Å². The fourth-order valence-electron chi connectivity index (χ4n) is 2.56. The number of carbonyl (C=O) groups is 4. The minimum atomic E-state index is -0.937. The van der Waals surface area contributed by atoms with E-state index in [2.05, 4.69) is 0 Å². The van der Waals surface area contributed by atoms with E-state index in [0.717, 1.165) is 9.79 Å². The molecule has 34 heavy (non-hydrogen) atoms. The number of carbonyl (C=O) groups excluding carboxylic acids is 4. The molecule has 2 rings (SSSR count). The Morgan fingerprint density at radius 3 is 1.21 bits per heavy atom. The van der Waals surface area contributed by atoms with E-state index in [-0.39, 0.29) is 50.8 Å². The van der Waals surface area contributed by atoms with Crippen LogP contribution in [0.25, 0.3) is 0 Å². The summed E-state index contributed by atoms with van der Waals surface area (Å²) in [5.74, 6) is -3.29. The molecule has 0 spiro atoms. The number of Topliss-reactive ketones (excluding diaryl/α,β-unsaturated/α-hetero) is 2. The molecular weight excluding hydrogens is 480 g/mol. The van der Waals surface area contributed by atoms with Gasteiger partial charge >= 0.3 is 11.9 Å². The zero-order valence-corrected chi connectivity index (χ0v) is 20.6. The van der Waals surface area contributed by atoms with Crippen LogP contribution in [0.4, 0.5) is 0 Å². The number of benzene rings is 2. The van der Waals surface area contributed by atoms with Crippen LogP contribution in [-0.4, -0.2) is 75.7 Å². The second kappa shape index (κ2) is 15.3. The summed E-state index contributed by atoms with van der Waals surface area (Å²) in [6.07, 6.45) is 3.84. The van der Waals surface area contributed by atoms with E-state index in [9.17, 15) is 19.2 Å². The van der Waals surface area contributed by atoms with Crippen LogP contribution in [0.1, 0.15) is 20.7 Å². The summed E-state index contributed by atoms with van der Waals surface area (Å²) in [4.78, 5) is 49.6. The van der Waals surface area contributed by atoms with Crippen LogP contribution < -0.4 is 0 Å². The Morgan fingerprint density at radius 2 is 0.882 bits per heavy atom. The monoisotopic (exact) mass is 506 g/mol. The van der Waals surface area contributed by atoms with Gasteiger partial charge in [-0.05, 0) is 61.0 Å². The van der Waals surface area contributed by atoms with Gasteiger partial charge in [0, 0.05) is 20.9 Å². The van der Waals surface area contributed by atoms with Crippen molar-refractivity contribution in [3.63, 3.8) is 0 Å². The molecular formula is C24H26O8S2. The molecule has 0 aliphatic carbocycles. The summed E-state index contributed by atoms with van der Waals surface area (Å²) >= 11 is 3.07. The Morgan fingerprint density at radius 1 is 0.559 bits per heavy atom. The number of ether oxygens (including phenoxy) is 4. The summed E-state index contributed by atoms with van der Waals surface area (Å²) in [7, 11) is 0. The lowest BCUT2D eigenvalue weighted by atomic mass is 10.1. The van der Waals surface area contributed by atoms with Crippen molar-refractivity contribution in [2.24, 2.45) is 0 Å². The van der Waals surface area contributed by atoms with E-state index < -0.39 is 23.5 Å². The van der Waals surface area contributed by atoms with Crippen molar-refractivity contribution in [3.05, 3.63) is 59.7 Å². The molecule has 0 heterocycles. The van der Waals surface area contributed by atoms with Crippen LogP contribution in [0, 0.1) is 0 Å². The highest BCUT2D eigenvalue weighted by atomic mass is 32.2. The molecule has 0 atom stereocenters. The van der Waals surface area contributed by atoms with E-state index in [1.807, 2.05) is 12.5 Å². The Bertz CT molecular complexity index is 878. The molecule has 0 saturated carbocycles. The number of thioether (sulfide) groups is 2. The van der Waals surface area contributed by atoms with E-state index in [1.165, 1.54) is 23.5 Å². The lowest BCUT2D eigenvalue weighted by Crippen LogP contribution is -2.21. The standard InChI is InChI=1S/C24H26O8S2/c1-33-19-7-3-17(4-8-19)21(25)23(27)31-15-13-29-11-12-30-14-16-32-24(28)22(26)18-5-9-20(34-2)10-6-18/h3-10H,11-16H2,1-2H3. The van der Waals surface area contributed by atoms with Crippen molar-refractivity contribution in [2.45, 2.75) is 9.79 Å². The predicted octanol–water partition coefficient (Wildman–Crippen LogP) is 3.32. The molecule has 0 aliphatic rings. The Kier molecular flexibility index (Phi) is 12.4. The highest BCUT2D eigenvalue weighted by Gasteiger charge is 2.18. The first-order valence-corrected chi connectivity index (χ1v) is 12.8. The molecule has 0 aromatic heterocycles. The van der Waals surface area contributed by atoms with Gasteiger partial charge in [0.25, 0.3) is 11.6 Å². The van der Waals surface area contributed by atoms with Crippen molar-refractivity contribution >= 4 is 47.0 Å². The highest BCUT2D eigenvalue weighted by Crippen LogP contribution is 2.16. The molecule has 0 amide bonds. The van der Waals surface area contributed by atoms with Crippen LogP contribution in [0.15, 0.2) is 58.3 Å². The van der Waals surface area contributed by atoms with Gasteiger partial charge in [0.15, 0.2) is 0 Å². The van der Waals surface area contributed by atoms with Crippen LogP contribution in [0.2, 0.25) is 0 Å². The Balaban J connectivity index is 1.49. The van der Waals surface area contributed by atoms with Crippen molar-refractivity contribution < 1.29 is 38.1 Å². The van der Waals surface area contributed by atoms with E-state index in [0.29, 0.717) is 0 Å². The minimum absolute atomic E-state index is 0.0644. The first-order chi connectivity index (χ1) is 16.5. The molecule has 8 nitrogen and oxygen atoms in total. The number of ketones is 2. The fraction of sp³-hybridized carbons (Fsp3) is 0.333. The van der Waals surface area contributed by atoms with Gasteiger partial charge in [-0.3, -0.25) is 9.59 Å². The molecule has 0 aliphatic heterocycles. The maximum atomic E-state index is 12.0. The Labute approximate surface area is 206 Å². The summed E-state index contributed by atoms with van der Waals surface area (Å²) < 4.78 is 20.3. The average molecular weight is 507 g/mol. The van der Waals surface area contributed by atoms with E-state index >= 15 is 0 Å². The number of esters is 2. The first-order valence-electron chi connectivity index (χ1n) is 10.3. The smallest absolute Gasteiger partial charge is 0.379 e. The molecule has 2 aromatic rings. The van der Waals surface area contributed by atoms with Crippen LogP contribution in [-0.2, 0) is 28.5 Å². The normalized spacial score (nSPS) is 10.5. The maximum Gasteiger partial charge on any atom is 0.379 e. The summed E-state index contributed by atoms with van der Waals surface area (Å²) in [5, 5.41) is 0. The molecule has 0 fully saturated rings. The van der Waals surface area contributed by atoms with E-state index in [1.54, 1.807) is 48.5 Å². The second-order valence-corrected chi connectivity index (χ2v) is 8.37. The molecule has 0 saturated heterocycles. The zero-order chi connectivity index (χ0) is 24.8. The molecule has 0 bridgehead atoms. The number of hydrogen-bond donors (Lipinski definition) is 0. The lowest BCUT2D eigenvalue weighted by Gasteiger charge is -2.07. The average Bonchev–Trinajstić information content (AvgIpc) is 2.88. The van der Waals surface area contributed by atoms with Gasteiger partial charge < -0.3 is 18.9 Å². The number of hydrogen-bond acceptors (Lipinski definition) is 10.